The third-order valence-electron chi connectivity index (χ3n) is 1.12. The molecule has 12 heavy (non-hydrogen) atoms. The van der Waals surface area contributed by atoms with Gasteiger partial charge < -0.3 is 5.32 Å². The number of terminal acetylenes is 1. The number of nitrogens with one attached hydrogen (secondary N) is 1. The van der Waals surface area contributed by atoms with Gasteiger partial charge in [0.1, 0.15) is 0 Å². The van der Waals surface area contributed by atoms with E-state index in [1.165, 1.54) is 0 Å². The number of carbonyl (C=O) groups is 1. The van der Waals surface area contributed by atoms with Gasteiger partial charge in [0, 0.05) is 12.1 Å². The lowest BCUT2D eigenvalue weighted by molar-refractivity contribution is -0.109. The first kappa shape index (κ1) is 10.2. The molecule has 62 valence electrons. The van der Waals surface area contributed by atoms with Crippen molar-refractivity contribution in [2.75, 3.05) is 6.54 Å². The van der Waals surface area contributed by atoms with Crippen LogP contribution in [0.2, 0.25) is 0 Å². The molecule has 2 heteroatoms. The zero-order valence-corrected chi connectivity index (χ0v) is 6.84. The molecule has 0 aliphatic rings. The highest BCUT2D eigenvalue weighted by atomic mass is 16.1. The second kappa shape index (κ2) is 5.99. The first-order valence-corrected chi connectivity index (χ1v) is 3.39. The molecule has 0 aromatic carbocycles. The molecule has 0 atom stereocenters. The van der Waals surface area contributed by atoms with Crippen molar-refractivity contribution in [1.29, 1.82) is 0 Å². The molecule has 2 nitrogen and oxygen atoms in total. The van der Waals surface area contributed by atoms with Crippen LogP contribution in [0.3, 0.4) is 0 Å². The van der Waals surface area contributed by atoms with Crippen LogP contribution in [0.4, 0.5) is 0 Å². The number of carbonyl (C=O) groups excluding carboxylic acids is 1. The predicted octanol–water partition coefficient (Wildman–Crippen LogP) is 1.03. The Morgan fingerprint density at radius 2 is 2.17 bits per heavy atom. The van der Waals surface area contributed by atoms with Crippen LogP contribution in [-0.4, -0.2) is 13.0 Å². The molecule has 1 N–H and O–H groups in total. The summed E-state index contributed by atoms with van der Waals surface area (Å²) in [6, 6.07) is 0. The monoisotopic (exact) mass is 161 g/mol. The minimum atomic E-state index is 0.428. The molecule has 0 aromatic heterocycles. The average molecular weight is 161 g/mol. The van der Waals surface area contributed by atoms with Crippen LogP contribution in [0.25, 0.3) is 0 Å². The van der Waals surface area contributed by atoms with Crippen molar-refractivity contribution >= 4 is 6.41 Å². The van der Waals surface area contributed by atoms with E-state index < -0.39 is 0 Å². The molecule has 0 aliphatic carbocycles. The first-order chi connectivity index (χ1) is 5.70. The summed E-state index contributed by atoms with van der Waals surface area (Å²) in [4.78, 5) is 9.88. The highest BCUT2D eigenvalue weighted by molar-refractivity contribution is 5.47. The summed E-state index contributed by atoms with van der Waals surface area (Å²) in [5, 5.41) is 2.48. The third-order valence-corrected chi connectivity index (χ3v) is 1.12. The summed E-state index contributed by atoms with van der Waals surface area (Å²) in [6.07, 6.45) is 9.07. The van der Waals surface area contributed by atoms with Crippen molar-refractivity contribution in [3.05, 3.63) is 36.5 Å². The van der Waals surface area contributed by atoms with E-state index >= 15 is 0 Å². The van der Waals surface area contributed by atoms with Gasteiger partial charge in [-0.3, -0.25) is 4.79 Å². The summed E-state index contributed by atoms with van der Waals surface area (Å²) in [5.41, 5.74) is 1.36. The first-order valence-electron chi connectivity index (χ1n) is 3.39. The van der Waals surface area contributed by atoms with Crippen LogP contribution in [0.15, 0.2) is 36.5 Å². The van der Waals surface area contributed by atoms with Gasteiger partial charge in [0.05, 0.1) is 0 Å². The SMILES string of the molecule is C#CC(=C)/C=C\C(=C)CNC=O. The Hall–Kier alpha value is -1.75. The Morgan fingerprint density at radius 3 is 2.67 bits per heavy atom. The van der Waals surface area contributed by atoms with Gasteiger partial charge in [-0.2, -0.15) is 0 Å². The smallest absolute Gasteiger partial charge is 0.207 e. The minimum absolute atomic E-state index is 0.428. The van der Waals surface area contributed by atoms with E-state index in [1.54, 1.807) is 12.2 Å². The molecule has 0 unspecified atom stereocenters. The van der Waals surface area contributed by atoms with E-state index in [-0.39, 0.29) is 0 Å². The molecule has 0 fully saturated rings. The summed E-state index contributed by atoms with van der Waals surface area (Å²) in [6.45, 7) is 7.68. The molecular formula is C10H11NO. The van der Waals surface area contributed by atoms with Crippen molar-refractivity contribution in [3.63, 3.8) is 0 Å². The lowest BCUT2D eigenvalue weighted by Gasteiger charge is -1.96. The van der Waals surface area contributed by atoms with Gasteiger partial charge in [0.15, 0.2) is 0 Å². The largest absolute Gasteiger partial charge is 0.355 e. The van der Waals surface area contributed by atoms with Gasteiger partial charge in [-0.05, 0) is 11.6 Å². The standard InChI is InChI=1S/C10H11NO/c1-4-9(2)5-6-10(3)7-11-8-12/h1,5-6,8H,2-3,7H2,(H,11,12)/b6-5-. The number of rotatable bonds is 5. The molecule has 0 rings (SSSR count). The van der Waals surface area contributed by atoms with Crippen molar-refractivity contribution in [2.24, 2.45) is 0 Å². The molecule has 0 bridgehead atoms. The van der Waals surface area contributed by atoms with Gasteiger partial charge in [-0.25, -0.2) is 0 Å². The number of allylic oxidation sites excluding steroid dienone is 2. The maximum atomic E-state index is 9.88. The molecule has 0 spiro atoms. The second-order valence-electron chi connectivity index (χ2n) is 2.16. The zero-order valence-electron chi connectivity index (χ0n) is 6.84. The molecule has 0 aromatic rings. The third kappa shape index (κ3) is 5.07. The van der Waals surface area contributed by atoms with Crippen LogP contribution in [0, 0.1) is 12.3 Å². The Bertz CT molecular complexity index is 256. The van der Waals surface area contributed by atoms with E-state index in [2.05, 4.69) is 24.4 Å². The van der Waals surface area contributed by atoms with Crippen LogP contribution >= 0.6 is 0 Å². The molecule has 1 amide bonds. The maximum absolute atomic E-state index is 9.88. The normalized spacial score (nSPS) is 8.92. The summed E-state index contributed by atoms with van der Waals surface area (Å²) in [5.74, 6) is 2.36. The molecule has 0 saturated heterocycles. The maximum Gasteiger partial charge on any atom is 0.207 e. The van der Waals surface area contributed by atoms with Crippen LogP contribution in [0.5, 0.6) is 0 Å². The molecule has 0 saturated carbocycles. The highest BCUT2D eigenvalue weighted by Crippen LogP contribution is 1.95. The second-order valence-corrected chi connectivity index (χ2v) is 2.16. The van der Waals surface area contributed by atoms with Crippen molar-refractivity contribution < 1.29 is 4.79 Å². The van der Waals surface area contributed by atoms with Gasteiger partial charge in [0.25, 0.3) is 0 Å². The average Bonchev–Trinajstić information content (AvgIpc) is 2.10. The van der Waals surface area contributed by atoms with Gasteiger partial charge in [-0.15, -0.1) is 6.42 Å². The fourth-order valence-corrected chi connectivity index (χ4v) is 0.498. The highest BCUT2D eigenvalue weighted by Gasteiger charge is 1.85. The molecule has 0 aliphatic heterocycles. The Kier molecular flexibility index (Phi) is 5.12. The van der Waals surface area contributed by atoms with Crippen LogP contribution < -0.4 is 5.32 Å². The van der Waals surface area contributed by atoms with Gasteiger partial charge in [-0.1, -0.05) is 25.2 Å². The predicted molar refractivity (Wildman–Crippen MR) is 50.3 cm³/mol. The minimum Gasteiger partial charge on any atom is -0.355 e. The van der Waals surface area contributed by atoms with Crippen molar-refractivity contribution in [2.45, 2.75) is 0 Å². The van der Waals surface area contributed by atoms with Crippen LogP contribution in [-0.2, 0) is 4.79 Å². The lowest BCUT2D eigenvalue weighted by atomic mass is 10.2. The van der Waals surface area contributed by atoms with E-state index in [1.807, 2.05) is 0 Å². The number of hydrogen-bond donors (Lipinski definition) is 1. The Morgan fingerprint density at radius 1 is 1.50 bits per heavy atom. The fourth-order valence-electron chi connectivity index (χ4n) is 0.498. The number of hydrogen-bond acceptors (Lipinski definition) is 1. The lowest BCUT2D eigenvalue weighted by Crippen LogP contribution is -2.12. The Labute approximate surface area is 72.7 Å². The topological polar surface area (TPSA) is 29.1 Å². The van der Waals surface area contributed by atoms with Gasteiger partial charge in [0.2, 0.25) is 6.41 Å². The fraction of sp³-hybridized carbons (Fsp3) is 0.100. The van der Waals surface area contributed by atoms with E-state index in [0.717, 1.165) is 5.57 Å². The quantitative estimate of drug-likeness (QED) is 0.364. The van der Waals surface area contributed by atoms with Crippen molar-refractivity contribution in [3.8, 4) is 12.3 Å². The summed E-state index contributed by atoms with van der Waals surface area (Å²) >= 11 is 0. The zero-order chi connectivity index (χ0) is 9.40. The summed E-state index contributed by atoms with van der Waals surface area (Å²) in [7, 11) is 0. The number of amides is 1. The van der Waals surface area contributed by atoms with E-state index in [4.69, 9.17) is 6.42 Å². The van der Waals surface area contributed by atoms with Gasteiger partial charge >= 0.3 is 0 Å². The van der Waals surface area contributed by atoms with Crippen molar-refractivity contribution in [1.82, 2.24) is 5.32 Å². The molecule has 0 radical (unpaired) electrons. The van der Waals surface area contributed by atoms with E-state index in [0.29, 0.717) is 18.5 Å². The Balaban J connectivity index is 3.85. The van der Waals surface area contributed by atoms with Crippen LogP contribution in [0.1, 0.15) is 0 Å². The molecular weight excluding hydrogens is 150 g/mol. The molecule has 0 heterocycles. The summed E-state index contributed by atoms with van der Waals surface area (Å²) < 4.78 is 0. The van der Waals surface area contributed by atoms with E-state index in [9.17, 15) is 4.79 Å².